The number of H-pyrrole nitrogens is 2. The summed E-state index contributed by atoms with van der Waals surface area (Å²) >= 11 is 0. The zero-order chi connectivity index (χ0) is 37.5. The number of aromatic nitrogens is 2. The number of rotatable bonds is 19. The van der Waals surface area contributed by atoms with Crippen LogP contribution in [0.2, 0.25) is 0 Å². The van der Waals surface area contributed by atoms with Gasteiger partial charge in [-0.15, -0.1) is 0 Å². The number of hydrogen-bond acceptors (Lipinski definition) is 10. The summed E-state index contributed by atoms with van der Waals surface area (Å²) < 4.78 is 11.9. The Labute approximate surface area is 319 Å². The minimum Gasteiger partial charge on any atom is -0.489 e. The molecule has 2 aromatic heterocycles. The van der Waals surface area contributed by atoms with Crippen LogP contribution in [0, 0.1) is 0 Å². The SMILES string of the molecule is O=C(NCCSSCCNC(=O)/C(Cc1c[nH]c2ccc(OCc3ccccc3)cc12)=N/O)/C(Cc1c[nH]c2ccc(OCc3ccccc3)cc12)=N/O. The van der Waals surface area contributed by atoms with Gasteiger partial charge in [0.1, 0.15) is 36.1 Å². The van der Waals surface area contributed by atoms with Crippen molar-refractivity contribution in [1.82, 2.24) is 20.6 Å². The maximum atomic E-state index is 12.8. The minimum atomic E-state index is -0.455. The van der Waals surface area contributed by atoms with Crippen molar-refractivity contribution >= 4 is 66.6 Å². The molecule has 0 fully saturated rings. The Bertz CT molecular complexity index is 2060. The van der Waals surface area contributed by atoms with Crippen LogP contribution in [0.15, 0.2) is 120 Å². The van der Waals surface area contributed by atoms with Crippen LogP contribution in [-0.2, 0) is 35.6 Å². The number of fused-ring (bicyclic) bond motifs is 2. The van der Waals surface area contributed by atoms with Crippen molar-refractivity contribution < 1.29 is 29.5 Å². The molecule has 0 bridgehead atoms. The molecule has 0 radical (unpaired) electrons. The monoisotopic (exact) mass is 764 g/mol. The van der Waals surface area contributed by atoms with Crippen molar-refractivity contribution in [1.29, 1.82) is 0 Å². The van der Waals surface area contributed by atoms with E-state index in [1.165, 1.54) is 21.6 Å². The predicted octanol–water partition coefficient (Wildman–Crippen LogP) is 6.87. The highest BCUT2D eigenvalue weighted by Crippen LogP contribution is 2.27. The lowest BCUT2D eigenvalue weighted by atomic mass is 10.1. The number of nitrogens with zero attached hydrogens (tertiary/aromatic N) is 2. The summed E-state index contributed by atoms with van der Waals surface area (Å²) in [7, 11) is 3.07. The van der Waals surface area contributed by atoms with E-state index in [1.54, 1.807) is 12.4 Å². The maximum Gasteiger partial charge on any atom is 0.269 e. The molecule has 0 saturated heterocycles. The molecule has 6 aromatic rings. The topological polar surface area (TPSA) is 173 Å². The smallest absolute Gasteiger partial charge is 0.269 e. The van der Waals surface area contributed by atoms with Gasteiger partial charge in [-0.3, -0.25) is 9.59 Å². The molecule has 4 aromatic carbocycles. The van der Waals surface area contributed by atoms with E-state index in [-0.39, 0.29) is 24.3 Å². The van der Waals surface area contributed by atoms with E-state index in [2.05, 4.69) is 30.9 Å². The molecule has 0 saturated carbocycles. The third-order valence-corrected chi connectivity index (χ3v) is 10.9. The lowest BCUT2D eigenvalue weighted by Crippen LogP contribution is -2.34. The molecule has 0 spiro atoms. The maximum absolute atomic E-state index is 12.8. The predicted molar refractivity (Wildman–Crippen MR) is 215 cm³/mol. The van der Waals surface area contributed by atoms with Gasteiger partial charge in [-0.25, -0.2) is 0 Å². The van der Waals surface area contributed by atoms with Gasteiger partial charge in [-0.05, 0) is 58.7 Å². The fraction of sp³-hybridized carbons (Fsp3) is 0.200. The molecule has 54 heavy (non-hydrogen) atoms. The summed E-state index contributed by atoms with van der Waals surface area (Å²) in [5.74, 6) is 1.67. The Morgan fingerprint density at radius 1 is 0.611 bits per heavy atom. The first-order chi connectivity index (χ1) is 26.5. The first-order valence-corrected chi connectivity index (χ1v) is 19.8. The van der Waals surface area contributed by atoms with E-state index >= 15 is 0 Å². The zero-order valence-corrected chi connectivity index (χ0v) is 30.9. The third kappa shape index (κ3) is 10.4. The van der Waals surface area contributed by atoms with Crippen molar-refractivity contribution in [3.8, 4) is 11.5 Å². The van der Waals surface area contributed by atoms with Crippen LogP contribution in [0.4, 0.5) is 0 Å². The first-order valence-electron chi connectivity index (χ1n) is 17.3. The number of aromatic amines is 2. The molecule has 0 unspecified atom stereocenters. The summed E-state index contributed by atoms with van der Waals surface area (Å²) in [6.07, 6.45) is 3.86. The summed E-state index contributed by atoms with van der Waals surface area (Å²) in [6.45, 7) is 1.59. The van der Waals surface area contributed by atoms with Gasteiger partial charge >= 0.3 is 0 Å². The first kappa shape index (κ1) is 37.9. The summed E-state index contributed by atoms with van der Waals surface area (Å²) in [5.41, 5.74) is 5.49. The number of nitrogens with one attached hydrogen (secondary N) is 4. The van der Waals surface area contributed by atoms with E-state index in [9.17, 15) is 20.0 Å². The molecule has 2 amide bonds. The van der Waals surface area contributed by atoms with Gasteiger partial charge in [0, 0.05) is 71.6 Å². The standard InChI is InChI=1S/C40H40N6O6S2/c47-39(37(45-49)19-29-23-43-35-13-11-31(21-33(29)35)51-25-27-7-3-1-4-8-27)41-15-17-53-54-18-16-42-40(48)38(46-50)20-30-24-44-36-14-12-32(22-34(30)36)52-26-28-9-5-2-6-10-28/h1-14,21-24,43-44,49-50H,15-20,25-26H2,(H,41,47)(H,42,48)/b45-37+,46-38+. The van der Waals surface area contributed by atoms with Crippen LogP contribution in [0.3, 0.4) is 0 Å². The molecule has 0 atom stereocenters. The summed E-state index contributed by atoms with van der Waals surface area (Å²) in [5, 5.41) is 33.2. The van der Waals surface area contributed by atoms with Crippen LogP contribution in [0.25, 0.3) is 21.8 Å². The van der Waals surface area contributed by atoms with Crippen LogP contribution < -0.4 is 20.1 Å². The van der Waals surface area contributed by atoms with Gasteiger partial charge in [0.2, 0.25) is 0 Å². The highest BCUT2D eigenvalue weighted by atomic mass is 33.1. The Balaban J connectivity index is 0.884. The van der Waals surface area contributed by atoms with E-state index in [0.717, 1.165) is 44.1 Å². The number of ether oxygens (including phenoxy) is 2. The van der Waals surface area contributed by atoms with Crippen molar-refractivity contribution in [2.24, 2.45) is 10.3 Å². The van der Waals surface area contributed by atoms with E-state index in [0.29, 0.717) is 49.3 Å². The van der Waals surface area contributed by atoms with Gasteiger partial charge in [0.15, 0.2) is 0 Å². The van der Waals surface area contributed by atoms with Crippen LogP contribution in [-0.4, -0.2) is 68.2 Å². The number of carbonyl (C=O) groups is 2. The molecule has 0 aliphatic rings. The average molecular weight is 765 g/mol. The lowest BCUT2D eigenvalue weighted by molar-refractivity contribution is -0.115. The fourth-order valence-electron chi connectivity index (χ4n) is 5.69. The highest BCUT2D eigenvalue weighted by molar-refractivity contribution is 8.76. The normalized spacial score (nSPS) is 11.9. The van der Waals surface area contributed by atoms with Crippen LogP contribution >= 0.6 is 21.6 Å². The van der Waals surface area contributed by atoms with Crippen molar-refractivity contribution in [3.05, 3.63) is 132 Å². The molecular weight excluding hydrogens is 725 g/mol. The summed E-state index contributed by atoms with van der Waals surface area (Å²) in [4.78, 5) is 32.0. The van der Waals surface area contributed by atoms with Gasteiger partial charge in [-0.1, -0.05) is 92.6 Å². The number of carbonyl (C=O) groups excluding carboxylic acids is 2. The van der Waals surface area contributed by atoms with Crippen LogP contribution in [0.1, 0.15) is 22.3 Å². The molecule has 0 aliphatic heterocycles. The number of hydrogen-bond donors (Lipinski definition) is 6. The third-order valence-electron chi connectivity index (χ3n) is 8.48. The molecule has 0 aliphatic carbocycles. The number of oxime groups is 2. The number of benzene rings is 4. The van der Waals surface area contributed by atoms with Gasteiger partial charge < -0.3 is 40.5 Å². The average Bonchev–Trinajstić information content (AvgIpc) is 3.81. The van der Waals surface area contributed by atoms with Gasteiger partial charge in [0.25, 0.3) is 11.8 Å². The Morgan fingerprint density at radius 2 is 1.04 bits per heavy atom. The molecule has 12 nitrogen and oxygen atoms in total. The molecule has 278 valence electrons. The molecule has 6 rings (SSSR count). The quantitative estimate of drug-likeness (QED) is 0.0171. The van der Waals surface area contributed by atoms with E-state index in [4.69, 9.17) is 9.47 Å². The van der Waals surface area contributed by atoms with Crippen molar-refractivity contribution in [2.45, 2.75) is 26.1 Å². The zero-order valence-electron chi connectivity index (χ0n) is 29.3. The Kier molecular flexibility index (Phi) is 13.5. The second-order valence-corrected chi connectivity index (χ2v) is 14.9. The van der Waals surface area contributed by atoms with Crippen molar-refractivity contribution in [2.75, 3.05) is 24.6 Å². The van der Waals surface area contributed by atoms with Gasteiger partial charge in [-0.2, -0.15) is 0 Å². The lowest BCUT2D eigenvalue weighted by Gasteiger charge is -2.09. The summed E-state index contributed by atoms with van der Waals surface area (Å²) in [6, 6.07) is 31.2. The van der Waals surface area contributed by atoms with Gasteiger partial charge in [0.05, 0.1) is 0 Å². The molecule has 2 heterocycles. The molecule has 14 heteroatoms. The minimum absolute atomic E-state index is 0.00214. The molecular formula is C40H40N6O6S2. The van der Waals surface area contributed by atoms with Crippen LogP contribution in [0.5, 0.6) is 11.5 Å². The van der Waals surface area contributed by atoms with E-state index in [1.807, 2.05) is 97.1 Å². The second kappa shape index (κ2) is 19.3. The fourth-order valence-corrected chi connectivity index (χ4v) is 7.50. The van der Waals surface area contributed by atoms with E-state index < -0.39 is 11.8 Å². The second-order valence-electron chi connectivity index (χ2n) is 12.2. The Hall–Kier alpha value is -5.86. The Morgan fingerprint density at radius 3 is 1.44 bits per heavy atom. The molecule has 6 N–H and O–H groups in total. The largest absolute Gasteiger partial charge is 0.489 e. The van der Waals surface area contributed by atoms with Crippen molar-refractivity contribution in [3.63, 3.8) is 0 Å². The number of amides is 2. The highest BCUT2D eigenvalue weighted by Gasteiger charge is 2.17.